The van der Waals surface area contributed by atoms with Gasteiger partial charge in [0.25, 0.3) is 0 Å². The first-order valence-electron chi connectivity index (χ1n) is 12.9. The van der Waals surface area contributed by atoms with Crippen LogP contribution in [0.5, 0.6) is 5.75 Å². The van der Waals surface area contributed by atoms with Crippen molar-refractivity contribution in [1.29, 1.82) is 0 Å². The van der Waals surface area contributed by atoms with Crippen molar-refractivity contribution in [2.75, 3.05) is 20.3 Å². The number of nitrogens with zero attached hydrogens (tertiary/aromatic N) is 1. The van der Waals surface area contributed by atoms with E-state index in [1.54, 1.807) is 7.11 Å². The van der Waals surface area contributed by atoms with E-state index in [1.165, 1.54) is 55.3 Å². The molecule has 2 saturated heterocycles. The lowest BCUT2D eigenvalue weighted by atomic mass is 9.90. The summed E-state index contributed by atoms with van der Waals surface area (Å²) in [4.78, 5) is 2.81. The molecule has 3 aromatic carbocycles. The van der Waals surface area contributed by atoms with Crippen LogP contribution in [0.2, 0.25) is 0 Å². The van der Waals surface area contributed by atoms with Gasteiger partial charge in [0, 0.05) is 12.1 Å². The van der Waals surface area contributed by atoms with Gasteiger partial charge in [0.2, 0.25) is 0 Å². The lowest BCUT2D eigenvalue weighted by molar-refractivity contribution is 0.0119. The van der Waals surface area contributed by atoms with E-state index in [2.05, 4.69) is 89.8 Å². The lowest BCUT2D eigenvalue weighted by Crippen LogP contribution is -2.44. The monoisotopic (exact) mass is 455 g/mol. The largest absolute Gasteiger partial charge is 0.497 e. The number of hydrogen-bond acceptors (Lipinski definition) is 3. The van der Waals surface area contributed by atoms with Gasteiger partial charge < -0.3 is 9.47 Å². The van der Waals surface area contributed by atoms with E-state index in [4.69, 9.17) is 9.47 Å². The minimum absolute atomic E-state index is 0.0163. The summed E-state index contributed by atoms with van der Waals surface area (Å²) >= 11 is 0. The molecule has 2 fully saturated rings. The number of aryl methyl sites for hydroxylation is 1. The summed E-state index contributed by atoms with van der Waals surface area (Å²) in [5.74, 6) is 1.60. The molecule has 2 heterocycles. The topological polar surface area (TPSA) is 21.7 Å². The maximum absolute atomic E-state index is 6.64. The fraction of sp³-hybridized carbons (Fsp3) is 0.419. The second kappa shape index (κ2) is 11.2. The molecular formula is C31H37NO2. The van der Waals surface area contributed by atoms with Crippen molar-refractivity contribution in [3.63, 3.8) is 0 Å². The Hall–Kier alpha value is -2.62. The zero-order chi connectivity index (χ0) is 23.2. The summed E-state index contributed by atoms with van der Waals surface area (Å²) in [7, 11) is 1.73. The zero-order valence-corrected chi connectivity index (χ0v) is 20.3. The Morgan fingerprint density at radius 2 is 1.38 bits per heavy atom. The number of methoxy groups -OCH3 is 1. The highest BCUT2D eigenvalue weighted by molar-refractivity contribution is 5.30. The van der Waals surface area contributed by atoms with Crippen molar-refractivity contribution in [3.05, 3.63) is 102 Å². The fourth-order valence-electron chi connectivity index (χ4n) is 6.02. The molecule has 2 atom stereocenters. The van der Waals surface area contributed by atoms with Crippen molar-refractivity contribution < 1.29 is 9.47 Å². The van der Waals surface area contributed by atoms with E-state index in [0.29, 0.717) is 5.92 Å². The molecule has 2 bridgehead atoms. The van der Waals surface area contributed by atoms with Crippen LogP contribution in [0, 0.1) is 5.92 Å². The first kappa shape index (κ1) is 23.1. The molecule has 0 spiro atoms. The van der Waals surface area contributed by atoms with Crippen LogP contribution in [0.1, 0.15) is 54.9 Å². The SMILES string of the molecule is COc1ccc(CCCN2C3CCC2CC(COC(c2ccccc2)c2ccccc2)C3)cc1. The summed E-state index contributed by atoms with van der Waals surface area (Å²) in [6.45, 7) is 2.06. The van der Waals surface area contributed by atoms with Crippen LogP contribution in [0.25, 0.3) is 0 Å². The molecule has 5 rings (SSSR count). The molecule has 34 heavy (non-hydrogen) atoms. The summed E-state index contributed by atoms with van der Waals surface area (Å²) in [6, 6.07) is 31.4. The quantitative estimate of drug-likeness (QED) is 0.340. The van der Waals surface area contributed by atoms with Gasteiger partial charge in [0.1, 0.15) is 11.9 Å². The molecule has 3 heteroatoms. The molecule has 0 radical (unpaired) electrons. The van der Waals surface area contributed by atoms with Gasteiger partial charge in [-0.25, -0.2) is 0 Å². The normalized spacial score (nSPS) is 22.2. The van der Waals surface area contributed by atoms with Gasteiger partial charge >= 0.3 is 0 Å². The molecule has 0 saturated carbocycles. The smallest absolute Gasteiger partial charge is 0.118 e. The van der Waals surface area contributed by atoms with Crippen molar-refractivity contribution in [3.8, 4) is 5.75 Å². The molecule has 3 aromatic rings. The van der Waals surface area contributed by atoms with Gasteiger partial charge in [-0.3, -0.25) is 4.90 Å². The number of rotatable bonds is 10. The molecule has 178 valence electrons. The Morgan fingerprint density at radius 3 is 1.94 bits per heavy atom. The second-order valence-electron chi connectivity index (χ2n) is 9.95. The minimum atomic E-state index is 0.0163. The molecule has 0 amide bonds. The van der Waals surface area contributed by atoms with Crippen LogP contribution in [-0.2, 0) is 11.2 Å². The number of hydrogen-bond donors (Lipinski definition) is 0. The number of ether oxygens (including phenoxy) is 2. The third-order valence-corrected chi connectivity index (χ3v) is 7.73. The Balaban J connectivity index is 1.14. The fourth-order valence-corrected chi connectivity index (χ4v) is 6.02. The Bertz CT molecular complexity index is 951. The summed E-state index contributed by atoms with van der Waals surface area (Å²) in [6.07, 6.45) is 7.63. The third kappa shape index (κ3) is 5.54. The van der Waals surface area contributed by atoms with Gasteiger partial charge in [-0.1, -0.05) is 72.8 Å². The van der Waals surface area contributed by atoms with Crippen molar-refractivity contribution in [1.82, 2.24) is 4.90 Å². The van der Waals surface area contributed by atoms with E-state index < -0.39 is 0 Å². The predicted octanol–water partition coefficient (Wildman–Crippen LogP) is 6.68. The van der Waals surface area contributed by atoms with Crippen LogP contribution >= 0.6 is 0 Å². The summed E-state index contributed by atoms with van der Waals surface area (Å²) in [5.41, 5.74) is 3.89. The van der Waals surface area contributed by atoms with Gasteiger partial charge in [-0.2, -0.15) is 0 Å². The molecule has 0 aliphatic carbocycles. The van der Waals surface area contributed by atoms with Gasteiger partial charge in [0.15, 0.2) is 0 Å². The Morgan fingerprint density at radius 1 is 0.794 bits per heavy atom. The van der Waals surface area contributed by atoms with Gasteiger partial charge in [0.05, 0.1) is 13.7 Å². The lowest BCUT2D eigenvalue weighted by Gasteiger charge is -2.39. The van der Waals surface area contributed by atoms with E-state index in [0.717, 1.165) is 30.9 Å². The van der Waals surface area contributed by atoms with Crippen molar-refractivity contribution >= 4 is 0 Å². The maximum Gasteiger partial charge on any atom is 0.118 e. The molecular weight excluding hydrogens is 418 g/mol. The maximum atomic E-state index is 6.64. The van der Waals surface area contributed by atoms with E-state index in [-0.39, 0.29) is 6.10 Å². The highest BCUT2D eigenvalue weighted by Crippen LogP contribution is 2.39. The van der Waals surface area contributed by atoms with Crippen LogP contribution in [0.4, 0.5) is 0 Å². The highest BCUT2D eigenvalue weighted by atomic mass is 16.5. The second-order valence-corrected chi connectivity index (χ2v) is 9.95. The number of piperidine rings is 1. The van der Waals surface area contributed by atoms with Crippen LogP contribution < -0.4 is 4.74 Å². The van der Waals surface area contributed by atoms with E-state index in [9.17, 15) is 0 Å². The highest BCUT2D eigenvalue weighted by Gasteiger charge is 2.40. The average molecular weight is 456 g/mol. The molecule has 0 aromatic heterocycles. The van der Waals surface area contributed by atoms with Gasteiger partial charge in [-0.15, -0.1) is 0 Å². The third-order valence-electron chi connectivity index (χ3n) is 7.73. The standard InChI is InChI=1S/C31H37NO2/c1-33-30-18-14-24(15-19-30)9-8-20-32-28-16-17-29(32)22-25(21-28)23-34-31(26-10-4-2-5-11-26)27-12-6-3-7-13-27/h2-7,10-15,18-19,25,28-29,31H,8-9,16-17,20-23H2,1H3. The molecule has 2 aliphatic heterocycles. The minimum Gasteiger partial charge on any atom is -0.497 e. The molecule has 2 unspecified atom stereocenters. The first-order chi connectivity index (χ1) is 16.8. The van der Waals surface area contributed by atoms with Crippen LogP contribution in [0.3, 0.4) is 0 Å². The van der Waals surface area contributed by atoms with Crippen LogP contribution in [-0.4, -0.2) is 37.2 Å². The first-order valence-corrected chi connectivity index (χ1v) is 12.9. The van der Waals surface area contributed by atoms with Crippen molar-refractivity contribution in [2.45, 2.75) is 56.7 Å². The van der Waals surface area contributed by atoms with Crippen molar-refractivity contribution in [2.24, 2.45) is 5.92 Å². The molecule has 2 aliphatic rings. The number of benzene rings is 3. The van der Waals surface area contributed by atoms with Gasteiger partial charge in [-0.05, 0) is 79.8 Å². The number of fused-ring (bicyclic) bond motifs is 2. The molecule has 0 N–H and O–H groups in total. The molecule has 3 nitrogen and oxygen atoms in total. The Labute approximate surface area is 204 Å². The van der Waals surface area contributed by atoms with E-state index in [1.807, 2.05) is 0 Å². The van der Waals surface area contributed by atoms with Crippen LogP contribution in [0.15, 0.2) is 84.9 Å². The predicted molar refractivity (Wildman–Crippen MR) is 138 cm³/mol. The average Bonchev–Trinajstić information content (AvgIpc) is 3.13. The Kier molecular flexibility index (Phi) is 7.62. The van der Waals surface area contributed by atoms with E-state index >= 15 is 0 Å². The summed E-state index contributed by atoms with van der Waals surface area (Å²) in [5, 5.41) is 0. The summed E-state index contributed by atoms with van der Waals surface area (Å²) < 4.78 is 11.9. The zero-order valence-electron chi connectivity index (χ0n) is 20.3.